The van der Waals surface area contributed by atoms with Crippen molar-refractivity contribution >= 4 is 10.4 Å². The van der Waals surface area contributed by atoms with Crippen LogP contribution in [0.5, 0.6) is 0 Å². The molecule has 1 atom stereocenters. The minimum atomic E-state index is -4.62. The van der Waals surface area contributed by atoms with Gasteiger partial charge in [0.1, 0.15) is 19.6 Å². The zero-order valence-electron chi connectivity index (χ0n) is 9.69. The van der Waals surface area contributed by atoms with Crippen LogP contribution in [0.2, 0.25) is 0 Å². The smallest absolute Gasteiger partial charge is 0.391 e. The molecule has 0 aromatic rings. The highest BCUT2D eigenvalue weighted by atomic mass is 32.3. The predicted octanol–water partition coefficient (Wildman–Crippen LogP) is -2.05. The second kappa shape index (κ2) is 7.21. The van der Waals surface area contributed by atoms with Crippen LogP contribution in [0.4, 0.5) is 0 Å². The lowest BCUT2D eigenvalue weighted by atomic mass is 10.3. The molecule has 104 valence electrons. The maximum Gasteiger partial charge on any atom is 0.402 e. The van der Waals surface area contributed by atoms with E-state index in [2.05, 4.69) is 4.18 Å². The Morgan fingerprint density at radius 1 is 1.06 bits per heavy atom. The standard InChI is InChI=1S/C8H19NO7S/c1-8(16-17(13,14)15)9(2-5-10,3-6-11)4-7-12/h8,10-12H,2-7H2,1H3/p+1. The van der Waals surface area contributed by atoms with E-state index in [1.165, 1.54) is 6.92 Å². The van der Waals surface area contributed by atoms with E-state index in [1.54, 1.807) is 0 Å². The lowest BCUT2D eigenvalue weighted by Crippen LogP contribution is -2.59. The van der Waals surface area contributed by atoms with E-state index in [9.17, 15) is 8.42 Å². The number of rotatable bonds is 9. The van der Waals surface area contributed by atoms with Gasteiger partial charge in [-0.15, -0.1) is 0 Å². The number of hydrogen-bond acceptors (Lipinski definition) is 6. The van der Waals surface area contributed by atoms with Gasteiger partial charge in [0.25, 0.3) is 0 Å². The molecule has 0 fully saturated rings. The summed E-state index contributed by atoms with van der Waals surface area (Å²) in [5, 5.41) is 26.9. The highest BCUT2D eigenvalue weighted by Gasteiger charge is 2.36. The fourth-order valence-corrected chi connectivity index (χ4v) is 2.28. The molecule has 0 spiro atoms. The molecule has 9 heteroatoms. The van der Waals surface area contributed by atoms with Gasteiger partial charge in [0.15, 0.2) is 0 Å². The topological polar surface area (TPSA) is 124 Å². The van der Waals surface area contributed by atoms with Gasteiger partial charge in [-0.2, -0.15) is 12.6 Å². The van der Waals surface area contributed by atoms with E-state index >= 15 is 0 Å². The Morgan fingerprint density at radius 3 is 1.65 bits per heavy atom. The molecule has 0 rings (SSSR count). The minimum Gasteiger partial charge on any atom is -0.391 e. The first kappa shape index (κ1) is 16.7. The maximum atomic E-state index is 10.6. The van der Waals surface area contributed by atoms with Crippen molar-refractivity contribution in [3.05, 3.63) is 0 Å². The highest BCUT2D eigenvalue weighted by molar-refractivity contribution is 7.80. The van der Waals surface area contributed by atoms with Crippen molar-refractivity contribution < 1.29 is 37.0 Å². The van der Waals surface area contributed by atoms with Crippen molar-refractivity contribution in [2.75, 3.05) is 39.5 Å². The van der Waals surface area contributed by atoms with Crippen molar-refractivity contribution in [1.82, 2.24) is 0 Å². The van der Waals surface area contributed by atoms with Crippen molar-refractivity contribution in [1.29, 1.82) is 0 Å². The monoisotopic (exact) mass is 274 g/mol. The van der Waals surface area contributed by atoms with E-state index in [0.717, 1.165) is 0 Å². The van der Waals surface area contributed by atoms with Crippen molar-refractivity contribution in [2.24, 2.45) is 0 Å². The number of aliphatic hydroxyl groups is 3. The summed E-state index contributed by atoms with van der Waals surface area (Å²) < 4.78 is 34.1. The van der Waals surface area contributed by atoms with Gasteiger partial charge in [-0.1, -0.05) is 0 Å². The van der Waals surface area contributed by atoms with Crippen molar-refractivity contribution in [2.45, 2.75) is 13.2 Å². The third-order valence-corrected chi connectivity index (χ3v) is 3.19. The Morgan fingerprint density at radius 2 is 1.41 bits per heavy atom. The van der Waals surface area contributed by atoms with Gasteiger partial charge in [-0.25, -0.2) is 0 Å². The first-order chi connectivity index (χ1) is 7.81. The maximum absolute atomic E-state index is 10.6. The largest absolute Gasteiger partial charge is 0.402 e. The molecule has 17 heavy (non-hydrogen) atoms. The highest BCUT2D eigenvalue weighted by Crippen LogP contribution is 2.16. The van der Waals surface area contributed by atoms with Crippen LogP contribution < -0.4 is 0 Å². The number of hydrogen-bond donors (Lipinski definition) is 4. The van der Waals surface area contributed by atoms with Crippen LogP contribution in [-0.4, -0.2) is 78.5 Å². The number of nitrogens with zero attached hydrogens (tertiary/aromatic N) is 1. The zero-order valence-corrected chi connectivity index (χ0v) is 10.5. The molecule has 0 saturated carbocycles. The first-order valence-electron chi connectivity index (χ1n) is 5.15. The summed E-state index contributed by atoms with van der Waals surface area (Å²) in [7, 11) is -4.62. The van der Waals surface area contributed by atoms with Crippen LogP contribution in [0.25, 0.3) is 0 Å². The lowest BCUT2D eigenvalue weighted by Gasteiger charge is -2.40. The minimum absolute atomic E-state index is 0.0950. The molecule has 0 aliphatic rings. The predicted molar refractivity (Wildman–Crippen MR) is 58.2 cm³/mol. The van der Waals surface area contributed by atoms with Crippen LogP contribution in [0.1, 0.15) is 6.92 Å². The summed E-state index contributed by atoms with van der Waals surface area (Å²) in [5.41, 5.74) is 0. The van der Waals surface area contributed by atoms with Crippen LogP contribution in [0.3, 0.4) is 0 Å². The van der Waals surface area contributed by atoms with Crippen molar-refractivity contribution in [3.63, 3.8) is 0 Å². The van der Waals surface area contributed by atoms with E-state index in [4.69, 9.17) is 19.9 Å². The molecule has 0 aromatic heterocycles. The van der Waals surface area contributed by atoms with Crippen molar-refractivity contribution in [3.8, 4) is 0 Å². The zero-order chi connectivity index (χ0) is 13.5. The molecule has 8 nitrogen and oxygen atoms in total. The SMILES string of the molecule is CC(OS(=O)(=O)O)[N+](CCO)(CCO)CCO. The van der Waals surface area contributed by atoms with E-state index in [-0.39, 0.29) is 43.9 Å². The van der Waals surface area contributed by atoms with E-state index in [0.29, 0.717) is 0 Å². The Labute approximate surface area is 101 Å². The molecule has 0 radical (unpaired) electrons. The summed E-state index contributed by atoms with van der Waals surface area (Å²) in [4.78, 5) is 0. The van der Waals surface area contributed by atoms with Gasteiger partial charge in [0.05, 0.1) is 19.8 Å². The second-order valence-corrected chi connectivity index (χ2v) is 4.73. The van der Waals surface area contributed by atoms with Crippen LogP contribution in [0.15, 0.2) is 0 Å². The number of quaternary nitrogens is 1. The molecule has 0 aliphatic carbocycles. The quantitative estimate of drug-likeness (QED) is 0.216. The Balaban J connectivity index is 4.96. The second-order valence-electron chi connectivity index (χ2n) is 3.68. The molecule has 0 amide bonds. The summed E-state index contributed by atoms with van der Waals surface area (Å²) >= 11 is 0. The van der Waals surface area contributed by atoms with E-state index < -0.39 is 16.6 Å². The fraction of sp³-hybridized carbons (Fsp3) is 1.00. The van der Waals surface area contributed by atoms with Crippen LogP contribution in [-0.2, 0) is 14.6 Å². The molecule has 0 aliphatic heterocycles. The van der Waals surface area contributed by atoms with Gasteiger partial charge in [0.2, 0.25) is 6.23 Å². The molecule has 0 bridgehead atoms. The third-order valence-electron chi connectivity index (χ3n) is 2.67. The molecular formula is C8H20NO7S+. The third kappa shape index (κ3) is 5.73. The van der Waals surface area contributed by atoms with E-state index in [1.807, 2.05) is 0 Å². The Hall–Kier alpha value is -0.290. The average molecular weight is 274 g/mol. The first-order valence-corrected chi connectivity index (χ1v) is 6.52. The average Bonchev–Trinajstić information content (AvgIpc) is 2.16. The van der Waals surface area contributed by atoms with Crippen LogP contribution >= 0.6 is 0 Å². The normalized spacial score (nSPS) is 14.9. The van der Waals surface area contributed by atoms with Gasteiger partial charge in [-0.05, 0) is 0 Å². The molecule has 4 N–H and O–H groups in total. The lowest BCUT2D eigenvalue weighted by molar-refractivity contribution is -0.966. The fourth-order valence-electron chi connectivity index (χ4n) is 1.75. The molecule has 0 heterocycles. The Bertz CT molecular complexity index is 288. The van der Waals surface area contributed by atoms with Gasteiger partial charge in [0, 0.05) is 6.92 Å². The molecule has 1 unspecified atom stereocenters. The summed E-state index contributed by atoms with van der Waals surface area (Å²) in [6.07, 6.45) is -1.02. The van der Waals surface area contributed by atoms with Crippen LogP contribution in [0, 0.1) is 0 Å². The molecule has 0 saturated heterocycles. The van der Waals surface area contributed by atoms with Gasteiger partial charge < -0.3 is 15.3 Å². The van der Waals surface area contributed by atoms with Gasteiger partial charge >= 0.3 is 10.4 Å². The summed E-state index contributed by atoms with van der Waals surface area (Å²) in [6.45, 7) is 0.875. The number of aliphatic hydroxyl groups excluding tert-OH is 3. The Kier molecular flexibility index (Phi) is 7.09. The molecule has 0 aromatic carbocycles. The summed E-state index contributed by atoms with van der Waals surface area (Å²) in [5.74, 6) is 0. The summed E-state index contributed by atoms with van der Waals surface area (Å²) in [6, 6.07) is 0. The molecular weight excluding hydrogens is 254 g/mol. The van der Waals surface area contributed by atoms with Gasteiger partial charge in [-0.3, -0.25) is 9.04 Å².